The molecule has 1 amide bonds. The number of rotatable bonds is 8. The highest BCUT2D eigenvalue weighted by atomic mass is 19.1. The molecule has 2 heterocycles. The minimum atomic E-state index is -0.306. The number of amides is 1. The normalized spacial score (nSPS) is 14.5. The number of benzene rings is 3. The lowest BCUT2D eigenvalue weighted by Crippen LogP contribution is -2.37. The molecular formula is C28H27FN4O3. The van der Waals surface area contributed by atoms with Gasteiger partial charge in [-0.15, -0.1) is 0 Å². The van der Waals surface area contributed by atoms with Crippen molar-refractivity contribution in [3.63, 3.8) is 0 Å². The van der Waals surface area contributed by atoms with Gasteiger partial charge < -0.3 is 14.6 Å². The zero-order valence-corrected chi connectivity index (χ0v) is 19.8. The number of halogens is 1. The van der Waals surface area contributed by atoms with Crippen LogP contribution in [0, 0.1) is 11.7 Å². The predicted molar refractivity (Wildman–Crippen MR) is 134 cm³/mol. The maximum atomic E-state index is 13.1. The standard InChI is InChI=1S/C28H27FN4O3/c29-23-8-6-21(7-9-23)27-31-26(36-32-27)18-33-16-14-22(15-17-33)28(34)30-24-10-12-25(13-11-24)35-19-20-4-2-1-3-5-20/h1-13,22H,14-19H2,(H,30,34). The van der Waals surface area contributed by atoms with Crippen LogP contribution in [-0.4, -0.2) is 34.0 Å². The van der Waals surface area contributed by atoms with Crippen LogP contribution >= 0.6 is 0 Å². The third-order valence-electron chi connectivity index (χ3n) is 6.26. The lowest BCUT2D eigenvalue weighted by molar-refractivity contribution is -0.121. The van der Waals surface area contributed by atoms with Gasteiger partial charge in [0, 0.05) is 17.2 Å². The quantitative estimate of drug-likeness (QED) is 0.364. The third-order valence-corrected chi connectivity index (χ3v) is 6.26. The Morgan fingerprint density at radius 1 is 1.00 bits per heavy atom. The van der Waals surface area contributed by atoms with E-state index in [2.05, 4.69) is 20.4 Å². The molecule has 8 heteroatoms. The number of hydrogen-bond acceptors (Lipinski definition) is 6. The summed E-state index contributed by atoms with van der Waals surface area (Å²) in [6.07, 6.45) is 1.51. The Morgan fingerprint density at radius 3 is 2.44 bits per heavy atom. The second kappa shape index (κ2) is 11.1. The summed E-state index contributed by atoms with van der Waals surface area (Å²) in [7, 11) is 0. The molecule has 4 aromatic rings. The van der Waals surface area contributed by atoms with E-state index in [1.165, 1.54) is 12.1 Å². The Balaban J connectivity index is 1.07. The van der Waals surface area contributed by atoms with Crippen molar-refractivity contribution < 1.29 is 18.4 Å². The van der Waals surface area contributed by atoms with Crippen molar-refractivity contribution in [2.24, 2.45) is 5.92 Å². The summed E-state index contributed by atoms with van der Waals surface area (Å²) >= 11 is 0. The summed E-state index contributed by atoms with van der Waals surface area (Å²) < 4.78 is 24.3. The van der Waals surface area contributed by atoms with Crippen LogP contribution in [0.2, 0.25) is 0 Å². The van der Waals surface area contributed by atoms with Gasteiger partial charge in [-0.1, -0.05) is 35.5 Å². The number of aromatic nitrogens is 2. The average molecular weight is 487 g/mol. The fourth-order valence-electron chi connectivity index (χ4n) is 4.20. The minimum Gasteiger partial charge on any atom is -0.489 e. The van der Waals surface area contributed by atoms with Crippen LogP contribution < -0.4 is 10.1 Å². The van der Waals surface area contributed by atoms with E-state index in [-0.39, 0.29) is 17.6 Å². The molecule has 1 saturated heterocycles. The Kier molecular flexibility index (Phi) is 7.33. The van der Waals surface area contributed by atoms with Crippen molar-refractivity contribution in [3.8, 4) is 17.1 Å². The predicted octanol–water partition coefficient (Wildman–Crippen LogP) is 5.31. The van der Waals surface area contributed by atoms with E-state index in [1.807, 2.05) is 54.6 Å². The molecule has 1 aliphatic heterocycles. The largest absolute Gasteiger partial charge is 0.489 e. The number of nitrogens with one attached hydrogen (secondary N) is 1. The van der Waals surface area contributed by atoms with Gasteiger partial charge in [-0.05, 0) is 80.0 Å². The molecule has 184 valence electrons. The molecule has 1 N–H and O–H groups in total. The first-order valence-corrected chi connectivity index (χ1v) is 12.0. The molecule has 0 radical (unpaired) electrons. The number of carbonyl (C=O) groups is 1. The van der Waals surface area contributed by atoms with E-state index in [0.29, 0.717) is 30.4 Å². The second-order valence-corrected chi connectivity index (χ2v) is 8.86. The summed E-state index contributed by atoms with van der Waals surface area (Å²) in [6.45, 7) is 2.55. The van der Waals surface area contributed by atoms with E-state index in [1.54, 1.807) is 12.1 Å². The van der Waals surface area contributed by atoms with Gasteiger partial charge >= 0.3 is 0 Å². The van der Waals surface area contributed by atoms with Crippen LogP contribution in [0.1, 0.15) is 24.3 Å². The van der Waals surface area contributed by atoms with E-state index in [9.17, 15) is 9.18 Å². The maximum absolute atomic E-state index is 13.1. The van der Waals surface area contributed by atoms with Crippen molar-refractivity contribution in [3.05, 3.63) is 96.1 Å². The van der Waals surface area contributed by atoms with Gasteiger partial charge in [-0.3, -0.25) is 9.69 Å². The van der Waals surface area contributed by atoms with Crippen molar-refractivity contribution in [1.82, 2.24) is 15.0 Å². The van der Waals surface area contributed by atoms with Gasteiger partial charge in [-0.25, -0.2) is 4.39 Å². The van der Waals surface area contributed by atoms with Crippen molar-refractivity contribution >= 4 is 11.6 Å². The Morgan fingerprint density at radius 2 is 1.72 bits per heavy atom. The topological polar surface area (TPSA) is 80.5 Å². The summed E-state index contributed by atoms with van der Waals surface area (Å²) in [5, 5.41) is 7.02. The third kappa shape index (κ3) is 6.14. The van der Waals surface area contributed by atoms with Crippen molar-refractivity contribution in [1.29, 1.82) is 0 Å². The zero-order valence-electron chi connectivity index (χ0n) is 19.8. The summed E-state index contributed by atoms with van der Waals surface area (Å²) in [6, 6.07) is 23.4. The molecule has 0 unspecified atom stereocenters. The average Bonchev–Trinajstić information content (AvgIpc) is 3.38. The fourth-order valence-corrected chi connectivity index (χ4v) is 4.20. The molecule has 3 aromatic carbocycles. The molecular weight excluding hydrogens is 459 g/mol. The molecule has 1 aromatic heterocycles. The molecule has 5 rings (SSSR count). The number of ether oxygens (including phenoxy) is 1. The van der Waals surface area contributed by atoms with E-state index in [0.717, 1.165) is 42.9 Å². The van der Waals surface area contributed by atoms with Crippen LogP contribution in [0.4, 0.5) is 10.1 Å². The smallest absolute Gasteiger partial charge is 0.241 e. The molecule has 0 spiro atoms. The Bertz CT molecular complexity index is 1270. The SMILES string of the molecule is O=C(Nc1ccc(OCc2ccccc2)cc1)C1CCN(Cc2nc(-c3ccc(F)cc3)no2)CC1. The molecule has 36 heavy (non-hydrogen) atoms. The minimum absolute atomic E-state index is 0.0315. The Labute approximate surface area is 208 Å². The lowest BCUT2D eigenvalue weighted by Gasteiger charge is -2.30. The van der Waals surface area contributed by atoms with Gasteiger partial charge in [0.1, 0.15) is 18.2 Å². The van der Waals surface area contributed by atoms with Gasteiger partial charge in [0.15, 0.2) is 0 Å². The van der Waals surface area contributed by atoms with Crippen LogP contribution in [0.15, 0.2) is 83.4 Å². The molecule has 0 aliphatic carbocycles. The zero-order chi connectivity index (χ0) is 24.7. The molecule has 0 atom stereocenters. The summed E-state index contributed by atoms with van der Waals surface area (Å²) in [4.78, 5) is 19.4. The second-order valence-electron chi connectivity index (χ2n) is 8.86. The molecule has 1 aliphatic rings. The lowest BCUT2D eigenvalue weighted by atomic mass is 9.96. The van der Waals surface area contributed by atoms with E-state index in [4.69, 9.17) is 9.26 Å². The van der Waals surface area contributed by atoms with Crippen LogP contribution in [0.25, 0.3) is 11.4 Å². The van der Waals surface area contributed by atoms with Crippen molar-refractivity contribution in [2.45, 2.75) is 26.0 Å². The van der Waals surface area contributed by atoms with Crippen LogP contribution in [0.5, 0.6) is 5.75 Å². The Hall–Kier alpha value is -4.04. The number of anilines is 1. The summed E-state index contributed by atoms with van der Waals surface area (Å²) in [5.41, 5.74) is 2.57. The first kappa shape index (κ1) is 23.7. The molecule has 7 nitrogen and oxygen atoms in total. The monoisotopic (exact) mass is 486 g/mol. The molecule has 1 fully saturated rings. The van der Waals surface area contributed by atoms with Crippen molar-refractivity contribution in [2.75, 3.05) is 18.4 Å². The first-order chi connectivity index (χ1) is 17.6. The van der Waals surface area contributed by atoms with Crippen LogP contribution in [0.3, 0.4) is 0 Å². The number of likely N-dealkylation sites (tertiary alicyclic amines) is 1. The van der Waals surface area contributed by atoms with Gasteiger partial charge in [0.25, 0.3) is 0 Å². The first-order valence-electron chi connectivity index (χ1n) is 12.0. The number of carbonyl (C=O) groups excluding carboxylic acids is 1. The van der Waals surface area contributed by atoms with E-state index >= 15 is 0 Å². The molecule has 0 saturated carbocycles. The van der Waals surface area contributed by atoms with Gasteiger partial charge in [-0.2, -0.15) is 4.98 Å². The van der Waals surface area contributed by atoms with Crippen LogP contribution in [-0.2, 0) is 17.9 Å². The van der Waals surface area contributed by atoms with Gasteiger partial charge in [0.05, 0.1) is 6.54 Å². The highest BCUT2D eigenvalue weighted by Crippen LogP contribution is 2.23. The number of hydrogen-bond donors (Lipinski definition) is 1. The highest BCUT2D eigenvalue weighted by Gasteiger charge is 2.26. The molecule has 0 bridgehead atoms. The highest BCUT2D eigenvalue weighted by molar-refractivity contribution is 5.92. The number of piperidine rings is 1. The summed E-state index contributed by atoms with van der Waals surface area (Å²) in [5.74, 6) is 1.38. The maximum Gasteiger partial charge on any atom is 0.241 e. The number of nitrogens with zero attached hydrogens (tertiary/aromatic N) is 3. The fraction of sp³-hybridized carbons (Fsp3) is 0.250. The van der Waals surface area contributed by atoms with E-state index < -0.39 is 0 Å². The van der Waals surface area contributed by atoms with Gasteiger partial charge in [0.2, 0.25) is 17.6 Å².